The van der Waals surface area contributed by atoms with Crippen LogP contribution in [0.5, 0.6) is 0 Å². The Kier molecular flexibility index (Phi) is 5.35. The minimum atomic E-state index is 0.970. The van der Waals surface area contributed by atoms with E-state index in [9.17, 15) is 0 Å². The van der Waals surface area contributed by atoms with E-state index in [1.807, 2.05) is 19.1 Å². The van der Waals surface area contributed by atoms with Gasteiger partial charge in [-0.25, -0.2) is 0 Å². The van der Waals surface area contributed by atoms with Gasteiger partial charge in [-0.05, 0) is 30.9 Å². The monoisotopic (exact) mass is 212 g/mol. The van der Waals surface area contributed by atoms with Gasteiger partial charge in [-0.2, -0.15) is 0 Å². The zero-order chi connectivity index (χ0) is 11.8. The van der Waals surface area contributed by atoms with Crippen molar-refractivity contribution in [1.29, 1.82) is 0 Å². The van der Waals surface area contributed by atoms with E-state index < -0.39 is 0 Å². The zero-order valence-electron chi connectivity index (χ0n) is 10.2. The number of allylic oxidation sites excluding steroid dienone is 5. The Labute approximate surface area is 99.0 Å². The van der Waals surface area contributed by atoms with Crippen molar-refractivity contribution in [2.45, 2.75) is 26.7 Å². The fourth-order valence-corrected chi connectivity index (χ4v) is 1.56. The van der Waals surface area contributed by atoms with Gasteiger partial charge < -0.3 is 0 Å². The lowest BCUT2D eigenvalue weighted by molar-refractivity contribution is 1.05. The van der Waals surface area contributed by atoms with Gasteiger partial charge in [0.05, 0.1) is 0 Å². The van der Waals surface area contributed by atoms with Crippen molar-refractivity contribution in [3.8, 4) is 0 Å². The van der Waals surface area contributed by atoms with Crippen LogP contribution in [0.2, 0.25) is 0 Å². The number of hydrogen-bond donors (Lipinski definition) is 0. The molecule has 0 aromatic heterocycles. The molecule has 0 atom stereocenters. The summed E-state index contributed by atoms with van der Waals surface area (Å²) < 4.78 is 0. The van der Waals surface area contributed by atoms with Crippen LogP contribution in [0.4, 0.5) is 0 Å². The van der Waals surface area contributed by atoms with Crippen LogP contribution in [0.3, 0.4) is 0 Å². The first-order valence-electron chi connectivity index (χ1n) is 5.81. The maximum atomic E-state index is 4.12. The van der Waals surface area contributed by atoms with Crippen molar-refractivity contribution in [3.05, 3.63) is 71.8 Å². The highest BCUT2D eigenvalue weighted by atomic mass is 14.1. The van der Waals surface area contributed by atoms with Crippen LogP contribution in [-0.4, -0.2) is 0 Å². The molecule has 0 aliphatic heterocycles. The summed E-state index contributed by atoms with van der Waals surface area (Å²) in [6, 6.07) is 10.5. The predicted octanol–water partition coefficient (Wildman–Crippen LogP) is 4.70. The minimum Gasteiger partial charge on any atom is -0.0956 e. The van der Waals surface area contributed by atoms with Crippen molar-refractivity contribution in [2.24, 2.45) is 0 Å². The SMILES string of the molecule is C=C(CC)/C(=C\C=C/C)Cc1ccccc1. The van der Waals surface area contributed by atoms with Crippen LogP contribution in [-0.2, 0) is 6.42 Å². The molecule has 16 heavy (non-hydrogen) atoms. The maximum Gasteiger partial charge on any atom is -0.00233 e. The van der Waals surface area contributed by atoms with Crippen molar-refractivity contribution in [2.75, 3.05) is 0 Å². The summed E-state index contributed by atoms with van der Waals surface area (Å²) in [7, 11) is 0. The molecule has 0 bridgehead atoms. The quantitative estimate of drug-likeness (QED) is 0.621. The normalized spacial score (nSPS) is 12.0. The smallest absolute Gasteiger partial charge is 0.00233 e. The zero-order valence-corrected chi connectivity index (χ0v) is 10.2. The van der Waals surface area contributed by atoms with E-state index in [-0.39, 0.29) is 0 Å². The average Bonchev–Trinajstić information content (AvgIpc) is 2.34. The molecule has 0 saturated carbocycles. The van der Waals surface area contributed by atoms with Crippen molar-refractivity contribution in [3.63, 3.8) is 0 Å². The highest BCUT2D eigenvalue weighted by Crippen LogP contribution is 2.17. The molecule has 1 rings (SSSR count). The second-order valence-electron chi connectivity index (χ2n) is 3.84. The van der Waals surface area contributed by atoms with E-state index >= 15 is 0 Å². The Bertz CT molecular complexity index is 380. The summed E-state index contributed by atoms with van der Waals surface area (Å²) in [5.41, 5.74) is 3.89. The molecule has 0 heteroatoms. The molecular formula is C16H20. The van der Waals surface area contributed by atoms with E-state index in [1.54, 1.807) is 0 Å². The molecule has 0 fully saturated rings. The molecule has 0 unspecified atom stereocenters. The van der Waals surface area contributed by atoms with Gasteiger partial charge in [-0.3, -0.25) is 0 Å². The van der Waals surface area contributed by atoms with E-state index in [0.29, 0.717) is 0 Å². The third-order valence-electron chi connectivity index (χ3n) is 2.61. The lowest BCUT2D eigenvalue weighted by Gasteiger charge is -2.08. The first-order valence-corrected chi connectivity index (χ1v) is 5.81. The Balaban J connectivity index is 2.83. The number of benzene rings is 1. The predicted molar refractivity (Wildman–Crippen MR) is 72.5 cm³/mol. The number of rotatable bonds is 5. The molecule has 0 heterocycles. The van der Waals surface area contributed by atoms with E-state index in [2.05, 4.69) is 49.9 Å². The van der Waals surface area contributed by atoms with E-state index in [0.717, 1.165) is 12.8 Å². The van der Waals surface area contributed by atoms with Gasteiger partial charge >= 0.3 is 0 Å². The molecule has 0 amide bonds. The summed E-state index contributed by atoms with van der Waals surface area (Å²) in [6.45, 7) is 8.30. The van der Waals surface area contributed by atoms with Gasteiger partial charge in [-0.1, -0.05) is 67.6 Å². The molecule has 0 N–H and O–H groups in total. The van der Waals surface area contributed by atoms with Gasteiger partial charge in [0, 0.05) is 0 Å². The molecule has 0 aliphatic carbocycles. The van der Waals surface area contributed by atoms with Crippen molar-refractivity contribution >= 4 is 0 Å². The Hall–Kier alpha value is -1.56. The molecule has 0 aliphatic rings. The summed E-state index contributed by atoms with van der Waals surface area (Å²) >= 11 is 0. The van der Waals surface area contributed by atoms with E-state index in [4.69, 9.17) is 0 Å². The topological polar surface area (TPSA) is 0 Å². The lowest BCUT2D eigenvalue weighted by atomic mass is 9.97. The van der Waals surface area contributed by atoms with Crippen LogP contribution in [0.15, 0.2) is 66.3 Å². The lowest BCUT2D eigenvalue weighted by Crippen LogP contribution is -1.93. The Morgan fingerprint density at radius 2 is 1.94 bits per heavy atom. The van der Waals surface area contributed by atoms with Gasteiger partial charge in [0.15, 0.2) is 0 Å². The summed E-state index contributed by atoms with van der Waals surface area (Å²) in [5, 5.41) is 0. The fourth-order valence-electron chi connectivity index (χ4n) is 1.56. The summed E-state index contributed by atoms with van der Waals surface area (Å²) in [4.78, 5) is 0. The van der Waals surface area contributed by atoms with E-state index in [1.165, 1.54) is 16.7 Å². The summed E-state index contributed by atoms with van der Waals surface area (Å²) in [6.07, 6.45) is 8.28. The molecule has 1 aromatic carbocycles. The molecule has 1 aromatic rings. The molecule has 0 saturated heterocycles. The van der Waals surface area contributed by atoms with Crippen molar-refractivity contribution < 1.29 is 0 Å². The van der Waals surface area contributed by atoms with Gasteiger partial charge in [0.25, 0.3) is 0 Å². The fraction of sp³-hybridized carbons (Fsp3) is 0.250. The molecule has 0 spiro atoms. The van der Waals surface area contributed by atoms with Crippen LogP contribution >= 0.6 is 0 Å². The van der Waals surface area contributed by atoms with Crippen LogP contribution < -0.4 is 0 Å². The first-order chi connectivity index (χ1) is 7.77. The molecule has 84 valence electrons. The largest absolute Gasteiger partial charge is 0.0956 e. The van der Waals surface area contributed by atoms with Crippen molar-refractivity contribution in [1.82, 2.24) is 0 Å². The standard InChI is InChI=1S/C16H20/c1-4-6-12-16(14(3)5-2)13-15-10-8-7-9-11-15/h4,6-12H,3,5,13H2,1-2H3/b6-4-,16-12-. The third kappa shape index (κ3) is 3.90. The van der Waals surface area contributed by atoms with Gasteiger partial charge in [0.2, 0.25) is 0 Å². The minimum absolute atomic E-state index is 0.970. The highest BCUT2D eigenvalue weighted by molar-refractivity contribution is 5.36. The molecule has 0 nitrogen and oxygen atoms in total. The van der Waals surface area contributed by atoms with Gasteiger partial charge in [0.1, 0.15) is 0 Å². The molecule has 0 radical (unpaired) electrons. The van der Waals surface area contributed by atoms with Crippen LogP contribution in [0.1, 0.15) is 25.8 Å². The Morgan fingerprint density at radius 1 is 1.25 bits per heavy atom. The maximum absolute atomic E-state index is 4.12. The highest BCUT2D eigenvalue weighted by Gasteiger charge is 2.01. The van der Waals surface area contributed by atoms with Crippen LogP contribution in [0, 0.1) is 0 Å². The Morgan fingerprint density at radius 3 is 2.50 bits per heavy atom. The first kappa shape index (κ1) is 12.5. The third-order valence-corrected chi connectivity index (χ3v) is 2.61. The van der Waals surface area contributed by atoms with Crippen LogP contribution in [0.25, 0.3) is 0 Å². The van der Waals surface area contributed by atoms with Gasteiger partial charge in [-0.15, -0.1) is 0 Å². The second kappa shape index (κ2) is 6.84. The summed E-state index contributed by atoms with van der Waals surface area (Å²) in [5.74, 6) is 0. The molecular weight excluding hydrogens is 192 g/mol. The average molecular weight is 212 g/mol. The second-order valence-corrected chi connectivity index (χ2v) is 3.84. The number of hydrogen-bond acceptors (Lipinski definition) is 0.